The molecule has 1 amide bonds. The molecule has 1 saturated heterocycles. The normalized spacial score (nSPS) is 14.6. The molecule has 2 aromatic heterocycles. The number of carbonyl (C=O) groups excluding carboxylic acids is 1. The summed E-state index contributed by atoms with van der Waals surface area (Å²) in [4.78, 5) is 23.5. The van der Waals surface area contributed by atoms with E-state index in [4.69, 9.17) is 14.1 Å². The zero-order valence-corrected chi connectivity index (χ0v) is 16.8. The smallest absolute Gasteiger partial charge is 0.287 e. The zero-order chi connectivity index (χ0) is 19.2. The summed E-state index contributed by atoms with van der Waals surface area (Å²) in [5.41, 5.74) is 1.02. The molecule has 2 aromatic rings. The van der Waals surface area contributed by atoms with Crippen molar-refractivity contribution in [3.8, 4) is 0 Å². The van der Waals surface area contributed by atoms with E-state index in [1.165, 1.54) is 11.8 Å². The van der Waals surface area contributed by atoms with Crippen molar-refractivity contribution in [2.45, 2.75) is 44.1 Å². The van der Waals surface area contributed by atoms with Crippen LogP contribution in [0.4, 0.5) is 5.82 Å². The summed E-state index contributed by atoms with van der Waals surface area (Å²) >= 11 is 1.51. The molecule has 1 aliphatic rings. The van der Waals surface area contributed by atoms with Gasteiger partial charge in [0.2, 0.25) is 0 Å². The number of hydrogen-bond donors (Lipinski definition) is 1. The van der Waals surface area contributed by atoms with E-state index >= 15 is 0 Å². The Bertz CT molecular complexity index is 772. The molecule has 3 rings (SSSR count). The van der Waals surface area contributed by atoms with E-state index in [1.54, 1.807) is 6.07 Å². The Morgan fingerprint density at radius 1 is 1.30 bits per heavy atom. The third-order valence-corrected chi connectivity index (χ3v) is 4.96. The largest absolute Gasteiger partial charge is 0.455 e. The monoisotopic (exact) mass is 390 g/mol. The fourth-order valence-corrected chi connectivity index (χ4v) is 3.47. The van der Waals surface area contributed by atoms with E-state index < -0.39 is 0 Å². The summed E-state index contributed by atoms with van der Waals surface area (Å²) in [5, 5.41) is 3.55. The van der Waals surface area contributed by atoms with Crippen LogP contribution in [0, 0.1) is 0 Å². The molecule has 3 heterocycles. The maximum Gasteiger partial charge on any atom is 0.287 e. The number of aromatic nitrogens is 2. The molecule has 1 N–H and O–H groups in total. The van der Waals surface area contributed by atoms with Gasteiger partial charge in [0.15, 0.2) is 10.9 Å². The quantitative estimate of drug-likeness (QED) is 0.575. The highest BCUT2D eigenvalue weighted by Crippen LogP contribution is 2.24. The Hall–Kier alpha value is -2.06. The zero-order valence-electron chi connectivity index (χ0n) is 16.0. The van der Waals surface area contributed by atoms with Crippen molar-refractivity contribution >= 4 is 23.5 Å². The number of nitrogens with zero attached hydrogens (tertiary/aromatic N) is 3. The number of furan rings is 1. The molecular weight excluding hydrogens is 364 g/mol. The molecule has 0 spiro atoms. The van der Waals surface area contributed by atoms with E-state index in [2.05, 4.69) is 28.2 Å². The van der Waals surface area contributed by atoms with Gasteiger partial charge in [-0.15, -0.1) is 0 Å². The molecule has 27 heavy (non-hydrogen) atoms. The number of ether oxygens (including phenoxy) is 1. The predicted molar refractivity (Wildman–Crippen MR) is 105 cm³/mol. The number of aryl methyl sites for hydroxylation is 1. The van der Waals surface area contributed by atoms with E-state index in [0.717, 1.165) is 55.2 Å². The highest BCUT2D eigenvalue weighted by Gasteiger charge is 2.16. The fourth-order valence-electron chi connectivity index (χ4n) is 2.71. The highest BCUT2D eigenvalue weighted by atomic mass is 32.2. The van der Waals surface area contributed by atoms with Gasteiger partial charge in [-0.2, -0.15) is 0 Å². The molecule has 0 atom stereocenters. The molecule has 0 bridgehead atoms. The molecule has 0 aromatic carbocycles. The van der Waals surface area contributed by atoms with Gasteiger partial charge in [-0.25, -0.2) is 9.97 Å². The molecule has 0 saturated carbocycles. The van der Waals surface area contributed by atoms with Gasteiger partial charge in [0, 0.05) is 30.9 Å². The SMILES string of the molecule is CCc1cc(N2CCOCC2)nc(SCc2ccc(C(=O)NC(C)C)o2)n1. The van der Waals surface area contributed by atoms with Crippen molar-refractivity contribution in [2.24, 2.45) is 0 Å². The van der Waals surface area contributed by atoms with Crippen LogP contribution in [0.5, 0.6) is 0 Å². The standard InChI is InChI=1S/C19H26N4O3S/c1-4-14-11-17(23-7-9-25-10-8-23)22-19(21-14)27-12-15-5-6-16(26-15)18(24)20-13(2)3/h5-6,11,13H,4,7-10,12H2,1-3H3,(H,20,24). The topological polar surface area (TPSA) is 80.5 Å². The van der Waals surface area contributed by atoms with Crippen molar-refractivity contribution in [3.63, 3.8) is 0 Å². The van der Waals surface area contributed by atoms with Gasteiger partial charge in [0.05, 0.1) is 19.0 Å². The van der Waals surface area contributed by atoms with Crippen LogP contribution in [0.25, 0.3) is 0 Å². The third kappa shape index (κ3) is 5.46. The van der Waals surface area contributed by atoms with Crippen LogP contribution in [-0.4, -0.2) is 48.2 Å². The van der Waals surface area contributed by atoms with E-state index in [9.17, 15) is 4.79 Å². The first-order chi connectivity index (χ1) is 13.0. The first-order valence-corrected chi connectivity index (χ1v) is 10.3. The Labute approximate surface area is 163 Å². The minimum absolute atomic E-state index is 0.0733. The van der Waals surface area contributed by atoms with Crippen LogP contribution in [0.3, 0.4) is 0 Å². The summed E-state index contributed by atoms with van der Waals surface area (Å²) in [6.45, 7) is 9.06. The van der Waals surface area contributed by atoms with Gasteiger partial charge in [0.25, 0.3) is 5.91 Å². The first kappa shape index (κ1) is 19.7. The summed E-state index contributed by atoms with van der Waals surface area (Å²) in [6, 6.07) is 5.66. The van der Waals surface area contributed by atoms with Gasteiger partial charge in [0.1, 0.15) is 11.6 Å². The molecule has 0 radical (unpaired) electrons. The van der Waals surface area contributed by atoms with Gasteiger partial charge in [-0.3, -0.25) is 4.79 Å². The summed E-state index contributed by atoms with van der Waals surface area (Å²) in [7, 11) is 0. The third-order valence-electron chi connectivity index (χ3n) is 4.09. The lowest BCUT2D eigenvalue weighted by Crippen LogP contribution is -2.37. The second-order valence-electron chi connectivity index (χ2n) is 6.64. The molecule has 0 aliphatic carbocycles. The van der Waals surface area contributed by atoms with Crippen molar-refractivity contribution in [1.82, 2.24) is 15.3 Å². The van der Waals surface area contributed by atoms with Crippen LogP contribution >= 0.6 is 11.8 Å². The highest BCUT2D eigenvalue weighted by molar-refractivity contribution is 7.98. The molecule has 7 nitrogen and oxygen atoms in total. The maximum atomic E-state index is 12.0. The number of morpholine rings is 1. The maximum absolute atomic E-state index is 12.0. The van der Waals surface area contributed by atoms with Crippen LogP contribution < -0.4 is 10.2 Å². The van der Waals surface area contributed by atoms with E-state index in [0.29, 0.717) is 11.5 Å². The predicted octanol–water partition coefficient (Wildman–Crippen LogP) is 2.90. The van der Waals surface area contributed by atoms with Crippen LogP contribution in [0.15, 0.2) is 27.8 Å². The fraction of sp³-hybridized carbons (Fsp3) is 0.526. The second-order valence-corrected chi connectivity index (χ2v) is 7.58. The number of hydrogen-bond acceptors (Lipinski definition) is 7. The molecule has 146 valence electrons. The molecular formula is C19H26N4O3S. The molecule has 8 heteroatoms. The minimum Gasteiger partial charge on any atom is -0.455 e. The molecule has 0 unspecified atom stereocenters. The average Bonchev–Trinajstić information content (AvgIpc) is 3.15. The lowest BCUT2D eigenvalue weighted by molar-refractivity contribution is 0.0913. The van der Waals surface area contributed by atoms with E-state index in [1.807, 2.05) is 19.9 Å². The van der Waals surface area contributed by atoms with Gasteiger partial charge < -0.3 is 19.4 Å². The number of carbonyl (C=O) groups is 1. The number of amides is 1. The van der Waals surface area contributed by atoms with Gasteiger partial charge in [-0.1, -0.05) is 18.7 Å². The van der Waals surface area contributed by atoms with Crippen molar-refractivity contribution in [2.75, 3.05) is 31.2 Å². The molecule has 1 aliphatic heterocycles. The first-order valence-electron chi connectivity index (χ1n) is 9.28. The Morgan fingerprint density at radius 3 is 2.78 bits per heavy atom. The van der Waals surface area contributed by atoms with Crippen molar-refractivity contribution in [3.05, 3.63) is 35.4 Å². The number of anilines is 1. The van der Waals surface area contributed by atoms with Crippen LogP contribution in [0.1, 0.15) is 42.8 Å². The second kappa shape index (κ2) is 9.23. The average molecular weight is 391 g/mol. The van der Waals surface area contributed by atoms with Gasteiger partial charge >= 0.3 is 0 Å². The summed E-state index contributed by atoms with van der Waals surface area (Å²) in [6.07, 6.45) is 0.855. The lowest BCUT2D eigenvalue weighted by Gasteiger charge is -2.28. The number of thioether (sulfide) groups is 1. The Morgan fingerprint density at radius 2 is 2.07 bits per heavy atom. The van der Waals surface area contributed by atoms with E-state index in [-0.39, 0.29) is 11.9 Å². The van der Waals surface area contributed by atoms with Gasteiger partial charge in [-0.05, 0) is 32.4 Å². The van der Waals surface area contributed by atoms with Crippen molar-refractivity contribution in [1.29, 1.82) is 0 Å². The Kier molecular flexibility index (Phi) is 6.73. The lowest BCUT2D eigenvalue weighted by atomic mass is 10.3. The van der Waals surface area contributed by atoms with Crippen LogP contribution in [0.2, 0.25) is 0 Å². The number of rotatable bonds is 7. The number of nitrogens with one attached hydrogen (secondary N) is 1. The molecule has 1 fully saturated rings. The van der Waals surface area contributed by atoms with Crippen molar-refractivity contribution < 1.29 is 13.9 Å². The summed E-state index contributed by atoms with van der Waals surface area (Å²) in [5.74, 6) is 2.39. The summed E-state index contributed by atoms with van der Waals surface area (Å²) < 4.78 is 11.1. The Balaban J connectivity index is 1.66. The minimum atomic E-state index is -0.194. The van der Waals surface area contributed by atoms with Crippen LogP contribution in [-0.2, 0) is 16.9 Å².